The van der Waals surface area contributed by atoms with Crippen molar-refractivity contribution in [2.75, 3.05) is 0 Å². The molecule has 4 rings (SSSR count). The molecule has 0 radical (unpaired) electrons. The molecule has 0 fully saturated rings. The van der Waals surface area contributed by atoms with Gasteiger partial charge in [0.25, 0.3) is 0 Å². The van der Waals surface area contributed by atoms with Gasteiger partial charge in [0.05, 0.1) is 16.7 Å². The number of hydrogen-bond donors (Lipinski definition) is 2. The summed E-state index contributed by atoms with van der Waals surface area (Å²) in [6, 6.07) is 11.2. The number of nitrogens with zero attached hydrogens (tertiary/aromatic N) is 3. The van der Waals surface area contributed by atoms with E-state index < -0.39 is 0 Å². The van der Waals surface area contributed by atoms with Crippen molar-refractivity contribution in [3.63, 3.8) is 0 Å². The monoisotopic (exact) mass is 350 g/mol. The third-order valence-corrected chi connectivity index (χ3v) is 4.63. The number of hydrogen-bond acceptors (Lipinski definition) is 4. The molecule has 2 heterocycles. The Morgan fingerprint density at radius 2 is 1.84 bits per heavy atom. The molecule has 4 aromatic rings. The van der Waals surface area contributed by atoms with Crippen LogP contribution in [0, 0.1) is 13.8 Å². The second-order valence-corrected chi connectivity index (χ2v) is 6.38. The molecule has 2 aromatic heterocycles. The van der Waals surface area contributed by atoms with Crippen LogP contribution in [-0.2, 0) is 0 Å². The molecule has 0 aliphatic carbocycles. The summed E-state index contributed by atoms with van der Waals surface area (Å²) in [5, 5.41) is 21.2. The maximum absolute atomic E-state index is 10.2. The number of aromatic amines is 1. The van der Waals surface area contributed by atoms with Crippen LogP contribution in [0.4, 0.5) is 11.4 Å². The summed E-state index contributed by atoms with van der Waals surface area (Å²) in [5.41, 5.74) is 4.94. The summed E-state index contributed by atoms with van der Waals surface area (Å²) in [7, 11) is 0. The number of aromatic nitrogens is 2. The van der Waals surface area contributed by atoms with E-state index in [1.807, 2.05) is 32.0 Å². The number of aromatic hydroxyl groups is 1. The maximum Gasteiger partial charge on any atom is 0.218 e. The van der Waals surface area contributed by atoms with Gasteiger partial charge in [-0.15, -0.1) is 10.2 Å². The molecule has 124 valence electrons. The summed E-state index contributed by atoms with van der Waals surface area (Å²) in [5.74, 6) is 0.00820. The molecule has 0 saturated carbocycles. The first kappa shape index (κ1) is 15.6. The largest absolute Gasteiger partial charge is 0.493 e. The van der Waals surface area contributed by atoms with Gasteiger partial charge < -0.3 is 10.1 Å². The van der Waals surface area contributed by atoms with Gasteiger partial charge in [0.15, 0.2) is 5.69 Å². The first-order valence-corrected chi connectivity index (χ1v) is 8.19. The lowest BCUT2D eigenvalue weighted by Crippen LogP contribution is -1.81. The minimum Gasteiger partial charge on any atom is -0.493 e. The Morgan fingerprint density at radius 3 is 2.68 bits per heavy atom. The number of pyridine rings is 1. The first-order valence-electron chi connectivity index (χ1n) is 7.81. The predicted octanol–water partition coefficient (Wildman–Crippen LogP) is 6.11. The van der Waals surface area contributed by atoms with Crippen molar-refractivity contribution in [2.24, 2.45) is 10.2 Å². The average molecular weight is 351 g/mol. The Bertz CT molecular complexity index is 1150. The third-order valence-electron chi connectivity index (χ3n) is 4.40. The summed E-state index contributed by atoms with van der Waals surface area (Å²) in [4.78, 5) is 7.28. The zero-order valence-corrected chi connectivity index (χ0v) is 14.5. The van der Waals surface area contributed by atoms with Gasteiger partial charge in [-0.05, 0) is 49.2 Å². The highest BCUT2D eigenvalue weighted by molar-refractivity contribution is 6.31. The number of aryl methyl sites for hydroxylation is 2. The van der Waals surface area contributed by atoms with E-state index in [0.717, 1.165) is 32.9 Å². The molecule has 2 N–H and O–H groups in total. The number of benzene rings is 2. The van der Waals surface area contributed by atoms with Crippen molar-refractivity contribution >= 4 is 44.8 Å². The van der Waals surface area contributed by atoms with Crippen LogP contribution < -0.4 is 0 Å². The van der Waals surface area contributed by atoms with Gasteiger partial charge in [-0.3, -0.25) is 4.98 Å². The number of halogens is 1. The average Bonchev–Trinajstić information content (AvgIpc) is 2.92. The fourth-order valence-corrected chi connectivity index (χ4v) is 3.04. The number of nitrogens with one attached hydrogen (secondary N) is 1. The fourth-order valence-electron chi connectivity index (χ4n) is 2.88. The molecule has 0 amide bonds. The zero-order chi connectivity index (χ0) is 17.6. The number of H-pyrrole nitrogens is 1. The van der Waals surface area contributed by atoms with Crippen LogP contribution in [0.3, 0.4) is 0 Å². The molecule has 2 aromatic carbocycles. The van der Waals surface area contributed by atoms with Gasteiger partial charge >= 0.3 is 0 Å². The number of rotatable bonds is 2. The molecule has 0 spiro atoms. The molecule has 25 heavy (non-hydrogen) atoms. The van der Waals surface area contributed by atoms with Gasteiger partial charge in [0, 0.05) is 22.0 Å². The van der Waals surface area contributed by atoms with E-state index in [2.05, 4.69) is 20.2 Å². The minimum absolute atomic E-state index is 0.00820. The van der Waals surface area contributed by atoms with E-state index in [-0.39, 0.29) is 5.88 Å². The van der Waals surface area contributed by atoms with Crippen molar-refractivity contribution in [3.05, 3.63) is 58.7 Å². The Balaban J connectivity index is 1.85. The van der Waals surface area contributed by atoms with E-state index in [1.165, 1.54) is 0 Å². The Morgan fingerprint density at radius 1 is 1.04 bits per heavy atom. The van der Waals surface area contributed by atoms with Crippen LogP contribution in [0.5, 0.6) is 5.88 Å². The Hall–Kier alpha value is -2.92. The van der Waals surface area contributed by atoms with Crippen LogP contribution in [0.25, 0.3) is 21.8 Å². The summed E-state index contributed by atoms with van der Waals surface area (Å²) in [6.07, 6.45) is 1.66. The Labute approximate surface area is 149 Å². The molecule has 0 aliphatic heterocycles. The van der Waals surface area contributed by atoms with Crippen molar-refractivity contribution in [3.8, 4) is 5.88 Å². The van der Waals surface area contributed by atoms with E-state index in [9.17, 15) is 5.11 Å². The van der Waals surface area contributed by atoms with E-state index in [0.29, 0.717) is 16.4 Å². The standard InChI is InChI=1S/C19H15ClN4O/c1-10-3-5-14-17(11(10)2)22-19(25)18(14)24-23-15-7-8-21-16-9-12(20)4-6-13(15)16/h3-9,22,25H,1-2H3. The highest BCUT2D eigenvalue weighted by Crippen LogP contribution is 2.38. The lowest BCUT2D eigenvalue weighted by molar-refractivity contribution is 0.459. The highest BCUT2D eigenvalue weighted by atomic mass is 35.5. The molecular weight excluding hydrogens is 336 g/mol. The normalized spacial score (nSPS) is 11.8. The van der Waals surface area contributed by atoms with Crippen LogP contribution >= 0.6 is 11.6 Å². The molecule has 0 unspecified atom stereocenters. The van der Waals surface area contributed by atoms with E-state index >= 15 is 0 Å². The van der Waals surface area contributed by atoms with E-state index in [1.54, 1.807) is 24.4 Å². The molecule has 0 saturated heterocycles. The summed E-state index contributed by atoms with van der Waals surface area (Å²) >= 11 is 6.01. The molecule has 0 aliphatic rings. The molecule has 5 nitrogen and oxygen atoms in total. The lowest BCUT2D eigenvalue weighted by atomic mass is 10.1. The van der Waals surface area contributed by atoms with Crippen LogP contribution in [0.1, 0.15) is 11.1 Å². The molecular formula is C19H15ClN4O. The molecule has 6 heteroatoms. The first-order chi connectivity index (χ1) is 12.0. The second kappa shape index (κ2) is 5.86. The Kier molecular flexibility index (Phi) is 3.66. The second-order valence-electron chi connectivity index (χ2n) is 5.94. The van der Waals surface area contributed by atoms with Gasteiger partial charge in [0.1, 0.15) is 0 Å². The molecule has 0 bridgehead atoms. The fraction of sp³-hybridized carbons (Fsp3) is 0.105. The van der Waals surface area contributed by atoms with Gasteiger partial charge in [0.2, 0.25) is 5.88 Å². The van der Waals surface area contributed by atoms with E-state index in [4.69, 9.17) is 11.6 Å². The van der Waals surface area contributed by atoms with Crippen molar-refractivity contribution < 1.29 is 5.11 Å². The van der Waals surface area contributed by atoms with Crippen molar-refractivity contribution in [1.29, 1.82) is 0 Å². The summed E-state index contributed by atoms with van der Waals surface area (Å²) < 4.78 is 0. The van der Waals surface area contributed by atoms with Crippen molar-refractivity contribution in [2.45, 2.75) is 13.8 Å². The zero-order valence-electron chi connectivity index (χ0n) is 13.7. The number of fused-ring (bicyclic) bond motifs is 2. The van der Waals surface area contributed by atoms with Gasteiger partial charge in [-0.2, -0.15) is 0 Å². The smallest absolute Gasteiger partial charge is 0.218 e. The predicted molar refractivity (Wildman–Crippen MR) is 100 cm³/mol. The van der Waals surface area contributed by atoms with Crippen molar-refractivity contribution in [1.82, 2.24) is 9.97 Å². The number of azo groups is 1. The molecule has 0 atom stereocenters. The minimum atomic E-state index is 0.00820. The topological polar surface area (TPSA) is 73.6 Å². The third kappa shape index (κ3) is 2.62. The SMILES string of the molecule is Cc1ccc2c(N=Nc3ccnc4cc(Cl)ccc34)c(O)[nH]c2c1C. The summed E-state index contributed by atoms with van der Waals surface area (Å²) in [6.45, 7) is 4.04. The van der Waals surface area contributed by atoms with Gasteiger partial charge in [-0.1, -0.05) is 23.7 Å². The lowest BCUT2D eigenvalue weighted by Gasteiger charge is -2.01. The van der Waals surface area contributed by atoms with Crippen LogP contribution in [0.2, 0.25) is 5.02 Å². The van der Waals surface area contributed by atoms with Crippen LogP contribution in [0.15, 0.2) is 52.8 Å². The highest BCUT2D eigenvalue weighted by Gasteiger charge is 2.13. The van der Waals surface area contributed by atoms with Gasteiger partial charge in [-0.25, -0.2) is 0 Å². The maximum atomic E-state index is 10.2. The van der Waals surface area contributed by atoms with Crippen LogP contribution in [-0.4, -0.2) is 15.1 Å². The quantitative estimate of drug-likeness (QED) is 0.428.